The van der Waals surface area contributed by atoms with Gasteiger partial charge >= 0.3 is 0 Å². The van der Waals surface area contributed by atoms with Gasteiger partial charge in [-0.1, -0.05) is 249 Å². The summed E-state index contributed by atoms with van der Waals surface area (Å²) in [5.41, 5.74) is 17.3. The van der Waals surface area contributed by atoms with Gasteiger partial charge in [-0.05, 0) is 83.1 Å². The number of hydrogen-bond acceptors (Lipinski definition) is 3. The van der Waals surface area contributed by atoms with E-state index in [9.17, 15) is 0 Å². The van der Waals surface area contributed by atoms with E-state index < -0.39 is 11.6 Å². The highest BCUT2D eigenvalue weighted by atomic mass is 15.2. The van der Waals surface area contributed by atoms with Gasteiger partial charge in [0.2, 0.25) is 0 Å². The van der Waals surface area contributed by atoms with Gasteiger partial charge in [0, 0.05) is 11.1 Å². The molecule has 0 amide bonds. The number of hydrogen-bond donors (Lipinski definition) is 1. The van der Waals surface area contributed by atoms with Crippen LogP contribution in [0.4, 0.5) is 0 Å². The van der Waals surface area contributed by atoms with Crippen LogP contribution in [-0.4, -0.2) is 11.7 Å². The molecule has 0 fully saturated rings. The Bertz CT molecular complexity index is 3370. The second kappa shape index (κ2) is 16.1. The Morgan fingerprint density at radius 3 is 1.48 bits per heavy atom. The van der Waals surface area contributed by atoms with Gasteiger partial charge in [-0.3, -0.25) is 0 Å². The smallest absolute Gasteiger partial charge is 0.169 e. The first kappa shape index (κ1) is 38.3. The quantitative estimate of drug-likeness (QED) is 0.163. The molecule has 3 heteroatoms. The van der Waals surface area contributed by atoms with Gasteiger partial charge in [-0.25, -0.2) is 9.98 Å². The Morgan fingerprint density at radius 2 is 0.800 bits per heavy atom. The lowest BCUT2D eigenvalue weighted by atomic mass is 9.67. The molecule has 12 rings (SSSR count). The van der Waals surface area contributed by atoms with E-state index >= 15 is 0 Å². The minimum atomic E-state index is -0.486. The molecule has 1 aliphatic carbocycles. The molecule has 10 aromatic rings. The molecule has 0 saturated heterocycles. The summed E-state index contributed by atoms with van der Waals surface area (Å²) in [4.78, 5) is 10.5. The Morgan fingerprint density at radius 1 is 0.323 bits per heavy atom. The van der Waals surface area contributed by atoms with E-state index in [0.29, 0.717) is 0 Å². The molecule has 10 aromatic carbocycles. The summed E-state index contributed by atoms with van der Waals surface area (Å²) in [5.74, 6) is 1.60. The zero-order chi connectivity index (χ0) is 43.2. The molecule has 1 unspecified atom stereocenters. The van der Waals surface area contributed by atoms with Gasteiger partial charge in [0.25, 0.3) is 0 Å². The van der Waals surface area contributed by atoms with E-state index in [-0.39, 0.29) is 0 Å². The molecule has 1 heterocycles. The van der Waals surface area contributed by atoms with E-state index in [1.807, 2.05) is 12.1 Å². The molecule has 0 spiro atoms. The average molecular weight is 830 g/mol. The summed E-state index contributed by atoms with van der Waals surface area (Å²) < 4.78 is 0. The van der Waals surface area contributed by atoms with E-state index in [2.05, 4.69) is 242 Å². The molecule has 1 N–H and O–H groups in total. The Kier molecular flexibility index (Phi) is 9.46. The van der Waals surface area contributed by atoms with Crippen LogP contribution in [0.15, 0.2) is 259 Å². The monoisotopic (exact) mass is 829 g/mol. The molecule has 3 nitrogen and oxygen atoms in total. The Balaban J connectivity index is 0.998. The van der Waals surface area contributed by atoms with Gasteiger partial charge in [-0.2, -0.15) is 0 Å². The zero-order valence-electron chi connectivity index (χ0n) is 35.6. The van der Waals surface area contributed by atoms with Crippen LogP contribution < -0.4 is 5.32 Å². The van der Waals surface area contributed by atoms with Crippen molar-refractivity contribution in [2.75, 3.05) is 0 Å². The summed E-state index contributed by atoms with van der Waals surface area (Å²) in [5, 5.41) is 6.00. The predicted molar refractivity (Wildman–Crippen MR) is 269 cm³/mol. The standard InChI is InChI=1S/C62H43N3/c1-5-18-42(19-6-1)43-32-36-47(37-33-43)60-63-59(46-21-7-2-8-22-46)64-61(65-60)48-38-34-45(35-39-48)57-51-27-14-13-20-44(51)40-41-53(57)52-29-17-31-56-58(52)54-28-15-16-30-55(54)62(56,49-23-9-3-10-24-49)50-25-11-4-12-26-50/h1-41,61H,(H,63,64,65). The average Bonchev–Trinajstić information content (AvgIpc) is 3.71. The Hall–Kier alpha value is -8.40. The van der Waals surface area contributed by atoms with Crippen molar-refractivity contribution >= 4 is 22.4 Å². The number of aliphatic imine (C=N–C) groups is 2. The summed E-state index contributed by atoms with van der Waals surface area (Å²) in [6.45, 7) is 0. The number of amidine groups is 2. The Labute approximate surface area is 379 Å². The maximum absolute atomic E-state index is 5.26. The lowest BCUT2D eigenvalue weighted by molar-refractivity contribution is 0.756. The normalized spacial score (nSPS) is 14.7. The predicted octanol–water partition coefficient (Wildman–Crippen LogP) is 14.7. The molecule has 0 bridgehead atoms. The first-order chi connectivity index (χ1) is 32.2. The molecule has 65 heavy (non-hydrogen) atoms. The van der Waals surface area contributed by atoms with Gasteiger partial charge in [0.1, 0.15) is 11.7 Å². The van der Waals surface area contributed by atoms with Gasteiger partial charge < -0.3 is 5.32 Å². The maximum Gasteiger partial charge on any atom is 0.169 e. The maximum atomic E-state index is 5.26. The number of fused-ring (bicyclic) bond motifs is 4. The van der Waals surface area contributed by atoms with Crippen molar-refractivity contribution < 1.29 is 0 Å². The zero-order valence-corrected chi connectivity index (χ0v) is 35.6. The van der Waals surface area contributed by atoms with Crippen LogP contribution in [0.1, 0.15) is 45.1 Å². The molecule has 0 saturated carbocycles. The van der Waals surface area contributed by atoms with Gasteiger partial charge in [0.05, 0.1) is 5.41 Å². The van der Waals surface area contributed by atoms with Crippen LogP contribution in [0.3, 0.4) is 0 Å². The first-order valence-corrected chi connectivity index (χ1v) is 22.3. The molecule has 1 atom stereocenters. The largest absolute Gasteiger partial charge is 0.324 e. The van der Waals surface area contributed by atoms with Crippen molar-refractivity contribution in [3.8, 4) is 44.5 Å². The van der Waals surface area contributed by atoms with Crippen LogP contribution in [0, 0.1) is 0 Å². The van der Waals surface area contributed by atoms with Crippen molar-refractivity contribution in [1.82, 2.24) is 5.32 Å². The van der Waals surface area contributed by atoms with Crippen molar-refractivity contribution in [2.24, 2.45) is 9.98 Å². The summed E-state index contributed by atoms with van der Waals surface area (Å²) in [6.07, 6.45) is -0.436. The topological polar surface area (TPSA) is 36.8 Å². The highest BCUT2D eigenvalue weighted by Crippen LogP contribution is 2.59. The van der Waals surface area contributed by atoms with E-state index in [1.54, 1.807) is 0 Å². The third-order valence-electron chi connectivity index (χ3n) is 13.3. The fraction of sp³-hybridized carbons (Fsp3) is 0.0323. The fourth-order valence-corrected chi connectivity index (χ4v) is 10.3. The van der Waals surface area contributed by atoms with Crippen molar-refractivity contribution in [1.29, 1.82) is 0 Å². The minimum Gasteiger partial charge on any atom is -0.324 e. The van der Waals surface area contributed by atoms with Crippen LogP contribution in [0.2, 0.25) is 0 Å². The van der Waals surface area contributed by atoms with E-state index in [0.717, 1.165) is 33.9 Å². The molecular weight excluding hydrogens is 787 g/mol. The SMILES string of the molecule is c1ccc(C2=NC(c3ccc(-c4c(-c5cccc6c5-c5ccccc5C6(c5ccccc5)c5ccccc5)ccc5ccccc45)cc3)N=C(c3ccc(-c4ccccc4)cc3)N2)cc1. The summed E-state index contributed by atoms with van der Waals surface area (Å²) >= 11 is 0. The minimum absolute atomic E-state index is 0.436. The van der Waals surface area contributed by atoms with Crippen LogP contribution in [0.25, 0.3) is 55.3 Å². The molecule has 0 radical (unpaired) electrons. The number of rotatable bonds is 8. The third-order valence-corrected chi connectivity index (χ3v) is 13.3. The number of benzene rings is 10. The summed E-state index contributed by atoms with van der Waals surface area (Å²) in [7, 11) is 0. The molecular formula is C62H43N3. The number of nitrogens with one attached hydrogen (secondary N) is 1. The lowest BCUT2D eigenvalue weighted by Gasteiger charge is -2.34. The fourth-order valence-electron chi connectivity index (χ4n) is 10.3. The van der Waals surface area contributed by atoms with Crippen LogP contribution >= 0.6 is 0 Å². The molecule has 2 aliphatic rings. The van der Waals surface area contributed by atoms with Crippen molar-refractivity contribution in [2.45, 2.75) is 11.6 Å². The second-order valence-corrected chi connectivity index (χ2v) is 16.9. The van der Waals surface area contributed by atoms with Gasteiger partial charge in [-0.15, -0.1) is 0 Å². The highest BCUT2D eigenvalue weighted by Gasteiger charge is 2.46. The lowest BCUT2D eigenvalue weighted by Crippen LogP contribution is -2.36. The number of nitrogens with zero attached hydrogens (tertiary/aromatic N) is 2. The van der Waals surface area contributed by atoms with E-state index in [1.165, 1.54) is 72.0 Å². The van der Waals surface area contributed by atoms with Crippen LogP contribution in [-0.2, 0) is 5.41 Å². The molecule has 1 aliphatic heterocycles. The van der Waals surface area contributed by atoms with Gasteiger partial charge in [0.15, 0.2) is 6.17 Å². The third kappa shape index (κ3) is 6.51. The van der Waals surface area contributed by atoms with E-state index in [4.69, 9.17) is 9.98 Å². The molecule has 306 valence electrons. The van der Waals surface area contributed by atoms with Crippen LogP contribution in [0.5, 0.6) is 0 Å². The highest BCUT2D eigenvalue weighted by molar-refractivity contribution is 6.16. The second-order valence-electron chi connectivity index (χ2n) is 16.9. The first-order valence-electron chi connectivity index (χ1n) is 22.3. The van der Waals surface area contributed by atoms with Crippen molar-refractivity contribution in [3.63, 3.8) is 0 Å². The molecule has 0 aromatic heterocycles. The van der Waals surface area contributed by atoms with Crippen molar-refractivity contribution in [3.05, 3.63) is 288 Å². The summed E-state index contributed by atoms with van der Waals surface area (Å²) in [6, 6.07) is 89.8.